The Morgan fingerprint density at radius 3 is 2.75 bits per heavy atom. The van der Waals surface area contributed by atoms with Crippen LogP contribution in [0.5, 0.6) is 0 Å². The third-order valence-electron chi connectivity index (χ3n) is 3.13. The molecule has 0 atom stereocenters. The van der Waals surface area contributed by atoms with Crippen molar-refractivity contribution in [1.82, 2.24) is 4.98 Å². The summed E-state index contributed by atoms with van der Waals surface area (Å²) in [5.74, 6) is -0.480. The molecule has 3 aromatic rings. The van der Waals surface area contributed by atoms with Crippen molar-refractivity contribution < 1.29 is 13.6 Å². The van der Waals surface area contributed by atoms with Gasteiger partial charge < -0.3 is 4.42 Å². The fourth-order valence-corrected chi connectivity index (χ4v) is 2.20. The molecule has 0 saturated carbocycles. The summed E-state index contributed by atoms with van der Waals surface area (Å²) in [6.45, 7) is 3.74. The highest BCUT2D eigenvalue weighted by molar-refractivity contribution is 6.08. The normalized spacial score (nSPS) is 10.9. The Hall–Kier alpha value is -2.49. The maximum Gasteiger partial charge on any atom is 0.246 e. The lowest BCUT2D eigenvalue weighted by molar-refractivity contribution is 0.101. The summed E-state index contributed by atoms with van der Waals surface area (Å²) in [4.78, 5) is 16.5. The molecule has 1 aromatic carbocycles. The summed E-state index contributed by atoms with van der Waals surface area (Å²) in [5, 5.41) is 0.568. The van der Waals surface area contributed by atoms with Gasteiger partial charge in [-0.15, -0.1) is 0 Å². The van der Waals surface area contributed by atoms with Crippen LogP contribution in [0.25, 0.3) is 11.0 Å². The number of rotatable bonds is 2. The van der Waals surface area contributed by atoms with E-state index in [-0.39, 0.29) is 17.4 Å². The van der Waals surface area contributed by atoms with Crippen LogP contribution in [0.2, 0.25) is 0 Å². The number of benzene rings is 1. The number of furan rings is 1. The van der Waals surface area contributed by atoms with Crippen molar-refractivity contribution in [3.63, 3.8) is 0 Å². The van der Waals surface area contributed by atoms with Crippen LogP contribution in [0.15, 0.2) is 40.9 Å². The number of hydrogen-bond donors (Lipinski definition) is 0. The van der Waals surface area contributed by atoms with Gasteiger partial charge in [-0.25, -0.2) is 4.39 Å². The minimum Gasteiger partial charge on any atom is -0.453 e. The van der Waals surface area contributed by atoms with Gasteiger partial charge >= 0.3 is 0 Å². The molecule has 2 heterocycles. The molecule has 0 fully saturated rings. The molecule has 0 bridgehead atoms. The van der Waals surface area contributed by atoms with E-state index in [4.69, 9.17) is 4.42 Å². The number of carbonyl (C=O) groups is 1. The molecule has 3 rings (SSSR count). The van der Waals surface area contributed by atoms with Gasteiger partial charge in [0.1, 0.15) is 17.1 Å². The van der Waals surface area contributed by atoms with E-state index in [1.54, 1.807) is 12.3 Å². The van der Waals surface area contributed by atoms with Gasteiger partial charge in [-0.2, -0.15) is 0 Å². The highest BCUT2D eigenvalue weighted by atomic mass is 19.1. The Kier molecular flexibility index (Phi) is 2.86. The van der Waals surface area contributed by atoms with Gasteiger partial charge in [0.25, 0.3) is 0 Å². The maximum atomic E-state index is 13.1. The van der Waals surface area contributed by atoms with Gasteiger partial charge in [-0.05, 0) is 49.2 Å². The zero-order chi connectivity index (χ0) is 14.3. The van der Waals surface area contributed by atoms with E-state index in [9.17, 15) is 9.18 Å². The number of nitrogens with zero attached hydrogens (tertiary/aromatic N) is 1. The molecule has 2 aromatic heterocycles. The van der Waals surface area contributed by atoms with E-state index in [0.29, 0.717) is 16.7 Å². The Morgan fingerprint density at radius 2 is 2.00 bits per heavy atom. The van der Waals surface area contributed by atoms with Crippen molar-refractivity contribution in [2.24, 2.45) is 0 Å². The van der Waals surface area contributed by atoms with E-state index < -0.39 is 0 Å². The standard InChI is InChI=1S/C16H12FNO2/c1-9-5-10(2)15(18-8-9)16(19)14-7-11-6-12(17)3-4-13(11)20-14/h3-8H,1-2H3. The van der Waals surface area contributed by atoms with Crippen molar-refractivity contribution >= 4 is 16.8 Å². The number of fused-ring (bicyclic) bond motifs is 1. The van der Waals surface area contributed by atoms with Gasteiger partial charge in [0, 0.05) is 11.6 Å². The van der Waals surface area contributed by atoms with Gasteiger partial charge in [-0.1, -0.05) is 6.07 Å². The predicted molar refractivity (Wildman–Crippen MR) is 73.3 cm³/mol. The third-order valence-corrected chi connectivity index (χ3v) is 3.13. The Morgan fingerprint density at radius 1 is 1.20 bits per heavy atom. The lowest BCUT2D eigenvalue weighted by atomic mass is 10.1. The number of halogens is 1. The van der Waals surface area contributed by atoms with E-state index in [2.05, 4.69) is 4.98 Å². The zero-order valence-electron chi connectivity index (χ0n) is 11.1. The van der Waals surface area contributed by atoms with E-state index in [1.165, 1.54) is 18.2 Å². The molecule has 0 N–H and O–H groups in total. The van der Waals surface area contributed by atoms with Crippen molar-refractivity contribution in [2.45, 2.75) is 13.8 Å². The summed E-state index contributed by atoms with van der Waals surface area (Å²) in [5.41, 5.74) is 2.63. The molecule has 0 radical (unpaired) electrons. The molecule has 0 aliphatic heterocycles. The summed E-state index contributed by atoms with van der Waals surface area (Å²) < 4.78 is 18.6. The van der Waals surface area contributed by atoms with Crippen molar-refractivity contribution in [1.29, 1.82) is 0 Å². The fourth-order valence-electron chi connectivity index (χ4n) is 2.20. The topological polar surface area (TPSA) is 43.1 Å². The molecule has 0 aliphatic carbocycles. The first-order valence-electron chi connectivity index (χ1n) is 6.21. The van der Waals surface area contributed by atoms with Gasteiger partial charge in [0.2, 0.25) is 5.78 Å². The zero-order valence-corrected chi connectivity index (χ0v) is 11.1. The quantitative estimate of drug-likeness (QED) is 0.664. The molecular formula is C16H12FNO2. The fraction of sp³-hybridized carbons (Fsp3) is 0.125. The van der Waals surface area contributed by atoms with Crippen molar-refractivity contribution in [3.05, 3.63) is 64.9 Å². The average molecular weight is 269 g/mol. The lowest BCUT2D eigenvalue weighted by Crippen LogP contribution is -2.05. The molecule has 4 heteroatoms. The molecule has 3 nitrogen and oxygen atoms in total. The predicted octanol–water partition coefficient (Wildman–Crippen LogP) is 3.81. The number of carbonyl (C=O) groups excluding carboxylic acids is 1. The first kappa shape index (κ1) is 12.5. The minimum atomic E-state index is -0.359. The molecule has 0 aliphatic rings. The minimum absolute atomic E-state index is 0.171. The van der Waals surface area contributed by atoms with Crippen LogP contribution in [0.1, 0.15) is 27.4 Å². The monoisotopic (exact) mass is 269 g/mol. The first-order chi connectivity index (χ1) is 9.54. The molecule has 0 unspecified atom stereocenters. The summed E-state index contributed by atoms with van der Waals surface area (Å²) in [6.07, 6.45) is 1.64. The highest BCUT2D eigenvalue weighted by Gasteiger charge is 2.18. The summed E-state index contributed by atoms with van der Waals surface area (Å²) >= 11 is 0. The SMILES string of the molecule is Cc1cnc(C(=O)c2cc3cc(F)ccc3o2)c(C)c1. The molecule has 20 heavy (non-hydrogen) atoms. The van der Waals surface area contributed by atoms with Crippen LogP contribution >= 0.6 is 0 Å². The average Bonchev–Trinajstić information content (AvgIpc) is 2.81. The van der Waals surface area contributed by atoms with Crippen molar-refractivity contribution in [3.8, 4) is 0 Å². The summed E-state index contributed by atoms with van der Waals surface area (Å²) in [7, 11) is 0. The lowest BCUT2D eigenvalue weighted by Gasteiger charge is -2.02. The van der Waals surface area contributed by atoms with Crippen LogP contribution in [0, 0.1) is 19.7 Å². The number of ketones is 1. The van der Waals surface area contributed by atoms with Crippen LogP contribution < -0.4 is 0 Å². The Balaban J connectivity index is 2.08. The first-order valence-corrected chi connectivity index (χ1v) is 6.21. The summed E-state index contributed by atoms with van der Waals surface area (Å²) in [6, 6.07) is 7.58. The van der Waals surface area contributed by atoms with E-state index in [1.807, 2.05) is 19.9 Å². The second kappa shape index (κ2) is 4.56. The maximum absolute atomic E-state index is 13.1. The second-order valence-corrected chi connectivity index (χ2v) is 4.80. The van der Waals surface area contributed by atoms with Crippen LogP contribution in [0.4, 0.5) is 4.39 Å². The van der Waals surface area contributed by atoms with E-state index >= 15 is 0 Å². The van der Waals surface area contributed by atoms with Gasteiger partial charge in [-0.3, -0.25) is 9.78 Å². The molecule has 100 valence electrons. The Bertz CT molecular complexity index is 820. The molecule has 0 spiro atoms. The van der Waals surface area contributed by atoms with Crippen molar-refractivity contribution in [2.75, 3.05) is 0 Å². The molecule has 0 saturated heterocycles. The number of pyridine rings is 1. The molecular weight excluding hydrogens is 257 g/mol. The van der Waals surface area contributed by atoms with Crippen LogP contribution in [-0.4, -0.2) is 10.8 Å². The number of aromatic nitrogens is 1. The van der Waals surface area contributed by atoms with Crippen LogP contribution in [0.3, 0.4) is 0 Å². The second-order valence-electron chi connectivity index (χ2n) is 4.80. The third kappa shape index (κ3) is 2.09. The number of hydrogen-bond acceptors (Lipinski definition) is 3. The van der Waals surface area contributed by atoms with E-state index in [0.717, 1.165) is 11.1 Å². The van der Waals surface area contributed by atoms with Gasteiger partial charge in [0.15, 0.2) is 5.76 Å². The molecule has 0 amide bonds. The van der Waals surface area contributed by atoms with Gasteiger partial charge in [0.05, 0.1) is 0 Å². The van der Waals surface area contributed by atoms with Crippen LogP contribution in [-0.2, 0) is 0 Å². The Labute approximate surface area is 115 Å². The largest absolute Gasteiger partial charge is 0.453 e. The highest BCUT2D eigenvalue weighted by Crippen LogP contribution is 2.23. The smallest absolute Gasteiger partial charge is 0.246 e. The number of aryl methyl sites for hydroxylation is 2.